The highest BCUT2D eigenvalue weighted by atomic mass is 35.5. The van der Waals surface area contributed by atoms with Crippen LogP contribution in [0.25, 0.3) is 5.57 Å². The summed E-state index contributed by atoms with van der Waals surface area (Å²) in [6.07, 6.45) is 6.58. The summed E-state index contributed by atoms with van der Waals surface area (Å²) in [7, 11) is 1.95. The fourth-order valence-electron chi connectivity index (χ4n) is 3.56. The van der Waals surface area contributed by atoms with Crippen LogP contribution in [0.1, 0.15) is 49.6 Å². The first-order chi connectivity index (χ1) is 14.1. The van der Waals surface area contributed by atoms with Gasteiger partial charge in [-0.25, -0.2) is 5.53 Å². The van der Waals surface area contributed by atoms with Gasteiger partial charge in [-0.05, 0) is 18.9 Å². The second-order valence-electron chi connectivity index (χ2n) is 6.41. The Morgan fingerprint density at radius 3 is 2.59 bits per heavy atom. The van der Waals surface area contributed by atoms with E-state index in [-0.39, 0.29) is 0 Å². The monoisotopic (exact) mass is 411 g/mol. The number of rotatable bonds is 5. The van der Waals surface area contributed by atoms with Gasteiger partial charge in [-0.1, -0.05) is 44.2 Å². The molecule has 0 spiro atoms. The van der Waals surface area contributed by atoms with E-state index in [2.05, 4.69) is 32.9 Å². The van der Waals surface area contributed by atoms with Gasteiger partial charge in [0.1, 0.15) is 18.2 Å². The van der Waals surface area contributed by atoms with Crippen molar-refractivity contribution in [1.82, 2.24) is 14.8 Å². The van der Waals surface area contributed by atoms with Crippen LogP contribution in [0.4, 0.5) is 5.69 Å². The molecule has 0 unspecified atom stereocenters. The van der Waals surface area contributed by atoms with Gasteiger partial charge in [0.25, 0.3) is 0 Å². The lowest BCUT2D eigenvalue weighted by molar-refractivity contribution is 0.474. The van der Waals surface area contributed by atoms with Crippen molar-refractivity contribution in [2.75, 3.05) is 18.0 Å². The van der Waals surface area contributed by atoms with E-state index < -0.39 is 0 Å². The number of nitrogens with one attached hydrogen (secondary N) is 1. The van der Waals surface area contributed by atoms with Crippen LogP contribution in [-0.2, 0) is 7.05 Å². The molecule has 152 valence electrons. The molecule has 7 nitrogen and oxygen atoms in total. The molecular formula is C21H26ClN7. The molecular weight excluding hydrogens is 386 g/mol. The molecule has 2 aromatic rings. The van der Waals surface area contributed by atoms with Crippen LogP contribution >= 0.6 is 11.6 Å². The standard InChI is InChI=1S/C19H20ClN7.C2H6/c1-3-13(11-23-22)15-4-5-17(20)16(10-21)18(15)27-8-6-14(7-9-27)19-25-24-12-26(19)2;1-2/h3-5,11-12,14,22H,1,6-9H2,2H3;1-2H3/b13-11+,23-22?;. The van der Waals surface area contributed by atoms with E-state index in [1.807, 2.05) is 31.5 Å². The van der Waals surface area contributed by atoms with Crippen molar-refractivity contribution in [1.29, 1.82) is 10.8 Å². The van der Waals surface area contributed by atoms with Gasteiger partial charge in [-0.15, -0.1) is 10.2 Å². The molecule has 0 amide bonds. The quantitative estimate of drug-likeness (QED) is 0.532. The van der Waals surface area contributed by atoms with E-state index in [1.54, 1.807) is 18.5 Å². The Morgan fingerprint density at radius 2 is 2.07 bits per heavy atom. The molecule has 0 bridgehead atoms. The Kier molecular flexibility index (Phi) is 8.10. The summed E-state index contributed by atoms with van der Waals surface area (Å²) in [6, 6.07) is 5.79. The molecule has 8 heteroatoms. The van der Waals surface area contributed by atoms with E-state index in [1.165, 1.54) is 6.20 Å². The second-order valence-corrected chi connectivity index (χ2v) is 6.82. The van der Waals surface area contributed by atoms with Gasteiger partial charge < -0.3 is 9.47 Å². The van der Waals surface area contributed by atoms with Gasteiger partial charge in [-0.2, -0.15) is 10.4 Å². The molecule has 1 saturated heterocycles. The second kappa shape index (κ2) is 10.5. The molecule has 1 aromatic heterocycles. The lowest BCUT2D eigenvalue weighted by Crippen LogP contribution is -2.34. The molecule has 2 heterocycles. The van der Waals surface area contributed by atoms with Gasteiger partial charge >= 0.3 is 0 Å². The van der Waals surface area contributed by atoms with E-state index >= 15 is 0 Å². The summed E-state index contributed by atoms with van der Waals surface area (Å²) in [5.74, 6) is 1.32. The SMILES string of the molecule is C=C/C(=C\N=N)c1ccc(Cl)c(C#N)c1N1CCC(c2nncn2C)CC1.CC. The maximum atomic E-state index is 9.69. The first-order valence-electron chi connectivity index (χ1n) is 9.61. The fraction of sp³-hybridized carbons (Fsp3) is 0.381. The van der Waals surface area contributed by atoms with E-state index in [0.29, 0.717) is 22.1 Å². The first kappa shape index (κ1) is 22.3. The molecule has 1 aromatic carbocycles. The summed E-state index contributed by atoms with van der Waals surface area (Å²) in [5, 5.41) is 21.7. The minimum absolute atomic E-state index is 0.333. The minimum Gasteiger partial charge on any atom is -0.370 e. The van der Waals surface area contributed by atoms with Crippen LogP contribution in [-0.4, -0.2) is 27.9 Å². The molecule has 0 radical (unpaired) electrons. The van der Waals surface area contributed by atoms with Gasteiger partial charge in [0.05, 0.1) is 22.5 Å². The van der Waals surface area contributed by atoms with Gasteiger partial charge in [0.15, 0.2) is 0 Å². The first-order valence-corrected chi connectivity index (χ1v) is 9.99. The average molecular weight is 412 g/mol. The summed E-state index contributed by atoms with van der Waals surface area (Å²) in [6.45, 7) is 9.34. The van der Waals surface area contributed by atoms with Crippen molar-refractivity contribution in [3.63, 3.8) is 0 Å². The van der Waals surface area contributed by atoms with Crippen molar-refractivity contribution >= 4 is 22.9 Å². The zero-order valence-electron chi connectivity index (χ0n) is 17.1. The van der Waals surface area contributed by atoms with Crippen molar-refractivity contribution < 1.29 is 0 Å². The number of nitrogens with zero attached hydrogens (tertiary/aromatic N) is 6. The third kappa shape index (κ3) is 4.72. The summed E-state index contributed by atoms with van der Waals surface area (Å²) in [4.78, 5) is 2.17. The fourth-order valence-corrected chi connectivity index (χ4v) is 3.75. The van der Waals surface area contributed by atoms with E-state index in [0.717, 1.165) is 43.0 Å². The Morgan fingerprint density at radius 1 is 1.38 bits per heavy atom. The number of hydrogen-bond donors (Lipinski definition) is 1. The normalized spacial score (nSPS) is 14.6. The number of nitriles is 1. The molecule has 0 atom stereocenters. The highest BCUT2D eigenvalue weighted by Gasteiger charge is 2.27. The third-order valence-corrected chi connectivity index (χ3v) is 5.21. The number of aryl methyl sites for hydroxylation is 1. The zero-order valence-corrected chi connectivity index (χ0v) is 17.8. The van der Waals surface area contributed by atoms with E-state index in [9.17, 15) is 5.26 Å². The van der Waals surface area contributed by atoms with Crippen LogP contribution in [0.2, 0.25) is 5.02 Å². The molecule has 1 aliphatic rings. The van der Waals surface area contributed by atoms with Crippen molar-refractivity contribution in [2.45, 2.75) is 32.6 Å². The van der Waals surface area contributed by atoms with E-state index in [4.69, 9.17) is 17.1 Å². The number of piperidine rings is 1. The summed E-state index contributed by atoms with van der Waals surface area (Å²) >= 11 is 6.30. The van der Waals surface area contributed by atoms with Crippen molar-refractivity contribution in [3.05, 3.63) is 59.3 Å². The largest absolute Gasteiger partial charge is 0.370 e. The Balaban J connectivity index is 0.00000145. The van der Waals surface area contributed by atoms with Gasteiger partial charge in [0, 0.05) is 37.2 Å². The van der Waals surface area contributed by atoms with Crippen LogP contribution in [0.5, 0.6) is 0 Å². The molecule has 1 fully saturated rings. The van der Waals surface area contributed by atoms with Gasteiger partial charge in [0.2, 0.25) is 0 Å². The average Bonchev–Trinajstić information content (AvgIpc) is 3.19. The Bertz CT molecular complexity index is 931. The molecule has 1 aliphatic heterocycles. The lowest BCUT2D eigenvalue weighted by atomic mass is 9.93. The minimum atomic E-state index is 0.333. The number of aromatic nitrogens is 3. The maximum Gasteiger partial charge on any atom is 0.135 e. The van der Waals surface area contributed by atoms with Crippen molar-refractivity contribution in [2.24, 2.45) is 12.2 Å². The Labute approximate surface area is 176 Å². The predicted molar refractivity (Wildman–Crippen MR) is 116 cm³/mol. The summed E-state index contributed by atoms with van der Waals surface area (Å²) < 4.78 is 1.96. The van der Waals surface area contributed by atoms with Crippen molar-refractivity contribution in [3.8, 4) is 6.07 Å². The maximum absolute atomic E-state index is 9.69. The zero-order chi connectivity index (χ0) is 21.4. The molecule has 0 saturated carbocycles. The van der Waals surface area contributed by atoms with Crippen LogP contribution < -0.4 is 4.90 Å². The lowest BCUT2D eigenvalue weighted by Gasteiger charge is -2.35. The number of anilines is 1. The highest BCUT2D eigenvalue weighted by Crippen LogP contribution is 2.38. The highest BCUT2D eigenvalue weighted by molar-refractivity contribution is 6.32. The third-order valence-electron chi connectivity index (χ3n) is 4.90. The molecule has 0 aliphatic carbocycles. The summed E-state index contributed by atoms with van der Waals surface area (Å²) in [5.41, 5.74) is 9.85. The number of halogens is 1. The smallest absolute Gasteiger partial charge is 0.135 e. The molecule has 3 rings (SSSR count). The topological polar surface area (TPSA) is 93.9 Å². The van der Waals surface area contributed by atoms with Crippen LogP contribution in [0.15, 0.2) is 42.4 Å². The number of hydrogen-bond acceptors (Lipinski definition) is 6. The van der Waals surface area contributed by atoms with Crippen LogP contribution in [0.3, 0.4) is 0 Å². The van der Waals surface area contributed by atoms with Gasteiger partial charge in [-0.3, -0.25) is 0 Å². The van der Waals surface area contributed by atoms with Crippen LogP contribution in [0, 0.1) is 16.9 Å². The Hall–Kier alpha value is -2.98. The number of benzene rings is 1. The predicted octanol–water partition coefficient (Wildman–Crippen LogP) is 5.31. The number of allylic oxidation sites excluding steroid dienone is 2. The molecule has 1 N–H and O–H groups in total. The molecule has 29 heavy (non-hydrogen) atoms.